The monoisotopic (exact) mass is 514 g/mol. The summed E-state index contributed by atoms with van der Waals surface area (Å²) in [5.74, 6) is 2.73. The number of benzene rings is 2. The van der Waals surface area contributed by atoms with E-state index >= 15 is 0 Å². The van der Waals surface area contributed by atoms with Crippen LogP contribution in [0, 0.1) is 0 Å². The van der Waals surface area contributed by atoms with Gasteiger partial charge in [-0.05, 0) is 55.8 Å². The standard InChI is InChI=1S/C25H27ClN4O4S/c1-25(2,34-19-10-6-17(26)7-11-19)24(32)28-23-20-14-35-15-21(20)29-30(23)13-22(31)27-12-16-4-8-18(33-3)9-5-16/h4-11H,12-15H2,1-3H3,(H,27,31)(H,28,32). The first-order valence-electron chi connectivity index (χ1n) is 11.1. The minimum Gasteiger partial charge on any atom is -0.497 e. The molecule has 0 saturated carbocycles. The molecule has 0 fully saturated rings. The van der Waals surface area contributed by atoms with Crippen LogP contribution in [0.5, 0.6) is 11.5 Å². The second-order valence-electron chi connectivity index (χ2n) is 8.57. The van der Waals surface area contributed by atoms with Crippen LogP contribution in [0.25, 0.3) is 0 Å². The molecule has 0 saturated heterocycles. The van der Waals surface area contributed by atoms with Gasteiger partial charge in [0.05, 0.1) is 12.8 Å². The highest BCUT2D eigenvalue weighted by molar-refractivity contribution is 7.98. The van der Waals surface area contributed by atoms with E-state index in [9.17, 15) is 9.59 Å². The molecule has 1 aromatic heterocycles. The largest absolute Gasteiger partial charge is 0.497 e. The molecular weight excluding hydrogens is 488 g/mol. The molecule has 1 aliphatic rings. The quantitative estimate of drug-likeness (QED) is 0.439. The van der Waals surface area contributed by atoms with Crippen molar-refractivity contribution in [1.82, 2.24) is 15.1 Å². The molecule has 0 aliphatic carbocycles. The van der Waals surface area contributed by atoms with Crippen LogP contribution in [0.3, 0.4) is 0 Å². The van der Waals surface area contributed by atoms with E-state index in [4.69, 9.17) is 21.1 Å². The normalized spacial score (nSPS) is 12.7. The molecule has 4 rings (SSSR count). The summed E-state index contributed by atoms with van der Waals surface area (Å²) < 4.78 is 12.6. The topological polar surface area (TPSA) is 94.5 Å². The molecule has 2 amide bonds. The van der Waals surface area contributed by atoms with Gasteiger partial charge in [-0.2, -0.15) is 16.9 Å². The highest BCUT2D eigenvalue weighted by Crippen LogP contribution is 2.35. The molecule has 0 radical (unpaired) electrons. The number of methoxy groups -OCH3 is 1. The first kappa shape index (κ1) is 24.9. The minimum absolute atomic E-state index is 0.0120. The van der Waals surface area contributed by atoms with Crippen molar-refractivity contribution in [3.63, 3.8) is 0 Å². The maximum atomic E-state index is 13.2. The number of halogens is 1. The molecular formula is C25H27ClN4O4S. The van der Waals surface area contributed by atoms with Crippen molar-refractivity contribution < 1.29 is 19.1 Å². The summed E-state index contributed by atoms with van der Waals surface area (Å²) in [4.78, 5) is 25.9. The molecule has 3 aromatic rings. The molecule has 2 heterocycles. The zero-order chi connectivity index (χ0) is 25.0. The Morgan fingerprint density at radius 1 is 1.09 bits per heavy atom. The lowest BCUT2D eigenvalue weighted by Gasteiger charge is -2.25. The highest BCUT2D eigenvalue weighted by atomic mass is 35.5. The fraction of sp³-hybridized carbons (Fsp3) is 0.320. The molecule has 0 atom stereocenters. The maximum absolute atomic E-state index is 13.2. The number of amides is 2. The number of hydrogen-bond donors (Lipinski definition) is 2. The molecule has 35 heavy (non-hydrogen) atoms. The number of nitrogens with one attached hydrogen (secondary N) is 2. The Hall–Kier alpha value is -3.17. The first-order valence-corrected chi connectivity index (χ1v) is 12.6. The number of anilines is 1. The number of nitrogens with zero attached hydrogens (tertiary/aromatic N) is 2. The third-order valence-electron chi connectivity index (χ3n) is 5.53. The number of carbonyl (C=O) groups is 2. The van der Waals surface area contributed by atoms with E-state index in [1.807, 2.05) is 24.3 Å². The van der Waals surface area contributed by atoms with Crippen molar-refractivity contribution in [3.05, 3.63) is 70.4 Å². The smallest absolute Gasteiger partial charge is 0.269 e. The van der Waals surface area contributed by atoms with Crippen LogP contribution in [-0.4, -0.2) is 34.3 Å². The van der Waals surface area contributed by atoms with Crippen LogP contribution in [0.15, 0.2) is 48.5 Å². The molecule has 10 heteroatoms. The summed E-state index contributed by atoms with van der Waals surface area (Å²) in [6.07, 6.45) is 0. The number of fused-ring (bicyclic) bond motifs is 1. The van der Waals surface area contributed by atoms with E-state index in [0.29, 0.717) is 23.1 Å². The van der Waals surface area contributed by atoms with Gasteiger partial charge in [0.25, 0.3) is 5.91 Å². The van der Waals surface area contributed by atoms with Crippen molar-refractivity contribution in [1.29, 1.82) is 0 Å². The van der Waals surface area contributed by atoms with Crippen LogP contribution < -0.4 is 20.1 Å². The summed E-state index contributed by atoms with van der Waals surface area (Å²) in [6, 6.07) is 14.3. The molecule has 2 N–H and O–H groups in total. The van der Waals surface area contributed by atoms with Gasteiger partial charge in [0.1, 0.15) is 23.9 Å². The van der Waals surface area contributed by atoms with Crippen molar-refractivity contribution in [3.8, 4) is 11.5 Å². The van der Waals surface area contributed by atoms with Gasteiger partial charge in [-0.25, -0.2) is 4.68 Å². The molecule has 8 nitrogen and oxygen atoms in total. The maximum Gasteiger partial charge on any atom is 0.269 e. The van der Waals surface area contributed by atoms with E-state index in [1.54, 1.807) is 61.7 Å². The molecule has 2 aromatic carbocycles. The number of hydrogen-bond acceptors (Lipinski definition) is 6. The van der Waals surface area contributed by atoms with E-state index in [1.165, 1.54) is 0 Å². The minimum atomic E-state index is -1.17. The zero-order valence-corrected chi connectivity index (χ0v) is 21.3. The molecule has 0 unspecified atom stereocenters. The van der Waals surface area contributed by atoms with Gasteiger partial charge in [-0.15, -0.1) is 0 Å². The van der Waals surface area contributed by atoms with Gasteiger partial charge in [0.15, 0.2) is 5.60 Å². The van der Waals surface area contributed by atoms with Gasteiger partial charge in [0, 0.05) is 28.6 Å². The Balaban J connectivity index is 1.43. The average Bonchev–Trinajstić information content (AvgIpc) is 3.41. The number of aromatic nitrogens is 2. The van der Waals surface area contributed by atoms with Crippen LogP contribution in [-0.2, 0) is 34.2 Å². The van der Waals surface area contributed by atoms with Gasteiger partial charge in [0.2, 0.25) is 5.91 Å². The van der Waals surface area contributed by atoms with Gasteiger partial charge >= 0.3 is 0 Å². The van der Waals surface area contributed by atoms with Crippen LogP contribution in [0.2, 0.25) is 5.02 Å². The summed E-state index contributed by atoms with van der Waals surface area (Å²) in [5, 5.41) is 11.0. The SMILES string of the molecule is COc1ccc(CNC(=O)Cn2nc3c(c2NC(=O)C(C)(C)Oc2ccc(Cl)cc2)CSC3)cc1. The third kappa shape index (κ3) is 6.10. The lowest BCUT2D eigenvalue weighted by atomic mass is 10.1. The van der Waals surface area contributed by atoms with Crippen molar-refractivity contribution in [2.24, 2.45) is 0 Å². The first-order chi connectivity index (χ1) is 16.7. The third-order valence-corrected chi connectivity index (χ3v) is 6.75. The van der Waals surface area contributed by atoms with Crippen molar-refractivity contribution in [2.45, 2.75) is 44.0 Å². The van der Waals surface area contributed by atoms with E-state index in [2.05, 4.69) is 15.7 Å². The summed E-state index contributed by atoms with van der Waals surface area (Å²) in [5.41, 5.74) is 1.60. The zero-order valence-electron chi connectivity index (χ0n) is 19.8. The van der Waals surface area contributed by atoms with Crippen LogP contribution in [0.4, 0.5) is 5.82 Å². The lowest BCUT2D eigenvalue weighted by molar-refractivity contribution is -0.128. The van der Waals surface area contributed by atoms with E-state index in [-0.39, 0.29) is 18.4 Å². The van der Waals surface area contributed by atoms with Crippen LogP contribution >= 0.6 is 23.4 Å². The Morgan fingerprint density at radius 2 is 1.77 bits per heavy atom. The Labute approximate surface area is 213 Å². The van der Waals surface area contributed by atoms with E-state index in [0.717, 1.165) is 34.1 Å². The fourth-order valence-electron chi connectivity index (χ4n) is 3.56. The van der Waals surface area contributed by atoms with Gasteiger partial charge < -0.3 is 20.1 Å². The predicted octanol–water partition coefficient (Wildman–Crippen LogP) is 4.40. The number of ether oxygens (including phenoxy) is 2. The van der Waals surface area contributed by atoms with Crippen molar-refractivity contribution in [2.75, 3.05) is 12.4 Å². The predicted molar refractivity (Wildman–Crippen MR) is 137 cm³/mol. The van der Waals surface area contributed by atoms with Gasteiger partial charge in [-0.3, -0.25) is 9.59 Å². The molecule has 1 aliphatic heterocycles. The number of carbonyl (C=O) groups excluding carboxylic acids is 2. The Morgan fingerprint density at radius 3 is 2.46 bits per heavy atom. The Bertz CT molecular complexity index is 1210. The average molecular weight is 515 g/mol. The number of rotatable bonds is 9. The lowest BCUT2D eigenvalue weighted by Crippen LogP contribution is -2.43. The second kappa shape index (κ2) is 10.6. The molecule has 0 bridgehead atoms. The summed E-state index contributed by atoms with van der Waals surface area (Å²) >= 11 is 7.66. The summed E-state index contributed by atoms with van der Waals surface area (Å²) in [7, 11) is 1.61. The fourth-order valence-corrected chi connectivity index (χ4v) is 4.72. The number of thioether (sulfide) groups is 1. The van der Waals surface area contributed by atoms with Gasteiger partial charge in [-0.1, -0.05) is 23.7 Å². The molecule has 0 spiro atoms. The highest BCUT2D eigenvalue weighted by Gasteiger charge is 2.33. The van der Waals surface area contributed by atoms with E-state index < -0.39 is 5.60 Å². The summed E-state index contributed by atoms with van der Waals surface area (Å²) in [6.45, 7) is 3.74. The van der Waals surface area contributed by atoms with Crippen molar-refractivity contribution >= 4 is 41.0 Å². The second-order valence-corrected chi connectivity index (χ2v) is 9.99. The Kier molecular flexibility index (Phi) is 7.57. The molecule has 184 valence electrons. The van der Waals surface area contributed by atoms with Crippen LogP contribution in [0.1, 0.15) is 30.7 Å².